The van der Waals surface area contributed by atoms with Crippen LogP contribution >= 0.6 is 0 Å². The van der Waals surface area contributed by atoms with Crippen molar-refractivity contribution in [2.24, 2.45) is 0 Å². The third-order valence-corrected chi connectivity index (χ3v) is 4.92. The van der Waals surface area contributed by atoms with Crippen LogP contribution in [0.4, 0.5) is 16.2 Å². The van der Waals surface area contributed by atoms with Crippen LogP contribution in [0.2, 0.25) is 0 Å². The minimum absolute atomic E-state index is 0.110. The number of aryl methyl sites for hydroxylation is 2. The van der Waals surface area contributed by atoms with Gasteiger partial charge in [-0.1, -0.05) is 6.07 Å². The zero-order valence-corrected chi connectivity index (χ0v) is 16.5. The number of carbonyl (C=O) groups is 2. The lowest BCUT2D eigenvalue weighted by atomic mass is 10.1. The van der Waals surface area contributed by atoms with Gasteiger partial charge in [0.1, 0.15) is 17.5 Å². The molecule has 1 unspecified atom stereocenters. The normalized spacial score (nSPS) is 16.1. The molecule has 28 heavy (non-hydrogen) atoms. The Morgan fingerprint density at radius 1 is 1.04 bits per heavy atom. The van der Waals surface area contributed by atoms with Gasteiger partial charge in [-0.15, -0.1) is 0 Å². The smallest absolute Gasteiger partial charge is 0.319 e. The molecule has 1 aliphatic rings. The van der Waals surface area contributed by atoms with Gasteiger partial charge in [0.25, 0.3) is 0 Å². The summed E-state index contributed by atoms with van der Waals surface area (Å²) in [6.07, 6.45) is 0.556. The first-order chi connectivity index (χ1) is 13.4. The zero-order valence-electron chi connectivity index (χ0n) is 16.5. The number of methoxy groups -OCH3 is 2. The Balaban J connectivity index is 1.65. The van der Waals surface area contributed by atoms with Crippen LogP contribution < -0.4 is 25.0 Å². The van der Waals surface area contributed by atoms with Crippen molar-refractivity contribution in [1.82, 2.24) is 5.32 Å². The number of urea groups is 1. The second-order valence-electron chi connectivity index (χ2n) is 6.80. The van der Waals surface area contributed by atoms with E-state index in [1.807, 2.05) is 32.0 Å². The fraction of sp³-hybridized carbons (Fsp3) is 0.333. The van der Waals surface area contributed by atoms with Gasteiger partial charge in [-0.05, 0) is 43.5 Å². The summed E-state index contributed by atoms with van der Waals surface area (Å²) in [5, 5.41) is 5.48. The number of nitrogens with one attached hydrogen (secondary N) is 2. The Bertz CT molecular complexity index is 875. The second kappa shape index (κ2) is 8.21. The molecular formula is C21H25N3O4. The molecule has 7 heteroatoms. The molecule has 1 atom stereocenters. The summed E-state index contributed by atoms with van der Waals surface area (Å²) in [7, 11) is 3.08. The first-order valence-electron chi connectivity index (χ1n) is 9.10. The van der Waals surface area contributed by atoms with E-state index in [2.05, 4.69) is 10.6 Å². The van der Waals surface area contributed by atoms with Crippen LogP contribution in [0, 0.1) is 13.8 Å². The molecule has 148 valence electrons. The van der Waals surface area contributed by atoms with Crippen LogP contribution in [0.25, 0.3) is 0 Å². The summed E-state index contributed by atoms with van der Waals surface area (Å²) >= 11 is 0. The molecule has 2 N–H and O–H groups in total. The fourth-order valence-corrected chi connectivity index (χ4v) is 3.17. The predicted octanol–water partition coefficient (Wildman–Crippen LogP) is 3.25. The summed E-state index contributed by atoms with van der Waals surface area (Å²) in [4.78, 5) is 26.8. The molecule has 3 amide bonds. The van der Waals surface area contributed by atoms with Crippen LogP contribution in [-0.2, 0) is 4.79 Å². The van der Waals surface area contributed by atoms with E-state index in [-0.39, 0.29) is 5.91 Å². The van der Waals surface area contributed by atoms with E-state index in [1.54, 1.807) is 23.1 Å². The monoisotopic (exact) mass is 383 g/mol. The van der Waals surface area contributed by atoms with Crippen molar-refractivity contribution in [3.05, 3.63) is 47.5 Å². The lowest BCUT2D eigenvalue weighted by Gasteiger charge is -2.18. The van der Waals surface area contributed by atoms with Gasteiger partial charge in [-0.2, -0.15) is 0 Å². The van der Waals surface area contributed by atoms with Gasteiger partial charge in [0.05, 0.1) is 14.2 Å². The highest BCUT2D eigenvalue weighted by molar-refractivity contribution is 6.02. The van der Waals surface area contributed by atoms with Gasteiger partial charge in [0.2, 0.25) is 5.91 Å². The Labute approximate surface area is 164 Å². The predicted molar refractivity (Wildman–Crippen MR) is 108 cm³/mol. The van der Waals surface area contributed by atoms with Crippen molar-refractivity contribution in [3.8, 4) is 11.5 Å². The molecule has 1 saturated heterocycles. The lowest BCUT2D eigenvalue weighted by Crippen LogP contribution is -2.43. The molecule has 3 rings (SSSR count). The molecule has 1 heterocycles. The van der Waals surface area contributed by atoms with E-state index in [1.165, 1.54) is 19.8 Å². The molecule has 7 nitrogen and oxygen atoms in total. The molecular weight excluding hydrogens is 358 g/mol. The number of hydrogen-bond acceptors (Lipinski definition) is 4. The van der Waals surface area contributed by atoms with Crippen molar-refractivity contribution >= 4 is 23.3 Å². The standard InChI is InChI=1S/C21H25N3O4/c1-13-5-6-16(9-14(13)2)24-8-7-19(20(24)25)23-21(26)22-15-10-17(27-3)12-18(11-15)28-4/h5-6,9-12,19H,7-8H2,1-4H3,(H2,22,23,26). The Morgan fingerprint density at radius 3 is 2.32 bits per heavy atom. The highest BCUT2D eigenvalue weighted by Crippen LogP contribution is 2.26. The van der Waals surface area contributed by atoms with E-state index in [4.69, 9.17) is 9.47 Å². The molecule has 0 aliphatic carbocycles. The van der Waals surface area contributed by atoms with E-state index >= 15 is 0 Å². The van der Waals surface area contributed by atoms with Gasteiger partial charge in [0, 0.05) is 36.1 Å². The molecule has 0 radical (unpaired) electrons. The van der Waals surface area contributed by atoms with Crippen LogP contribution in [0.5, 0.6) is 11.5 Å². The fourth-order valence-electron chi connectivity index (χ4n) is 3.17. The van der Waals surface area contributed by atoms with Crippen molar-refractivity contribution in [2.75, 3.05) is 31.0 Å². The molecule has 2 aromatic carbocycles. The number of amides is 3. The number of hydrogen-bond donors (Lipinski definition) is 2. The third kappa shape index (κ3) is 4.19. The SMILES string of the molecule is COc1cc(NC(=O)NC2CCN(c3ccc(C)c(C)c3)C2=O)cc(OC)c1. The Morgan fingerprint density at radius 2 is 1.71 bits per heavy atom. The van der Waals surface area contributed by atoms with Gasteiger partial charge >= 0.3 is 6.03 Å². The first kappa shape index (κ1) is 19.5. The molecule has 0 bridgehead atoms. The maximum Gasteiger partial charge on any atom is 0.319 e. The Hall–Kier alpha value is -3.22. The number of carbonyl (C=O) groups excluding carboxylic acids is 2. The molecule has 1 fully saturated rings. The zero-order chi connectivity index (χ0) is 20.3. The van der Waals surface area contributed by atoms with E-state index in [0.717, 1.165) is 11.3 Å². The number of nitrogens with zero attached hydrogens (tertiary/aromatic N) is 1. The van der Waals surface area contributed by atoms with Crippen LogP contribution in [-0.4, -0.2) is 38.7 Å². The summed E-state index contributed by atoms with van der Waals surface area (Å²) in [5.74, 6) is 1.02. The number of ether oxygens (including phenoxy) is 2. The highest BCUT2D eigenvalue weighted by atomic mass is 16.5. The quantitative estimate of drug-likeness (QED) is 0.831. The summed E-state index contributed by atoms with van der Waals surface area (Å²) in [5.41, 5.74) is 3.69. The minimum atomic E-state index is -0.561. The second-order valence-corrected chi connectivity index (χ2v) is 6.80. The van der Waals surface area contributed by atoms with E-state index in [9.17, 15) is 9.59 Å². The first-order valence-corrected chi connectivity index (χ1v) is 9.10. The van der Waals surface area contributed by atoms with Crippen molar-refractivity contribution in [3.63, 3.8) is 0 Å². The van der Waals surface area contributed by atoms with Crippen molar-refractivity contribution in [2.45, 2.75) is 26.3 Å². The largest absolute Gasteiger partial charge is 0.497 e. The molecule has 2 aromatic rings. The van der Waals surface area contributed by atoms with E-state index in [0.29, 0.717) is 30.2 Å². The van der Waals surface area contributed by atoms with Gasteiger partial charge in [-0.3, -0.25) is 4.79 Å². The summed E-state index contributed by atoms with van der Waals surface area (Å²) in [6.45, 7) is 4.62. The average Bonchev–Trinajstić information content (AvgIpc) is 3.03. The molecule has 1 aliphatic heterocycles. The Kier molecular flexibility index (Phi) is 5.73. The number of anilines is 2. The molecule has 0 spiro atoms. The summed E-state index contributed by atoms with van der Waals surface area (Å²) < 4.78 is 10.4. The van der Waals surface area contributed by atoms with Crippen LogP contribution in [0.15, 0.2) is 36.4 Å². The lowest BCUT2D eigenvalue weighted by molar-refractivity contribution is -0.118. The van der Waals surface area contributed by atoms with E-state index < -0.39 is 12.1 Å². The number of benzene rings is 2. The highest BCUT2D eigenvalue weighted by Gasteiger charge is 2.33. The molecule has 0 saturated carbocycles. The van der Waals surface area contributed by atoms with Gasteiger partial charge < -0.3 is 25.0 Å². The summed E-state index contributed by atoms with van der Waals surface area (Å²) in [6, 6.07) is 10.0. The van der Waals surface area contributed by atoms with Gasteiger partial charge in [-0.25, -0.2) is 4.79 Å². The maximum atomic E-state index is 12.7. The van der Waals surface area contributed by atoms with Crippen molar-refractivity contribution in [1.29, 1.82) is 0 Å². The minimum Gasteiger partial charge on any atom is -0.497 e. The van der Waals surface area contributed by atoms with Crippen LogP contribution in [0.3, 0.4) is 0 Å². The van der Waals surface area contributed by atoms with Gasteiger partial charge in [0.15, 0.2) is 0 Å². The number of rotatable bonds is 5. The average molecular weight is 383 g/mol. The third-order valence-electron chi connectivity index (χ3n) is 4.92. The van der Waals surface area contributed by atoms with Crippen LogP contribution in [0.1, 0.15) is 17.5 Å². The maximum absolute atomic E-state index is 12.7. The molecule has 0 aromatic heterocycles. The topological polar surface area (TPSA) is 79.9 Å². The van der Waals surface area contributed by atoms with Crippen molar-refractivity contribution < 1.29 is 19.1 Å².